The lowest BCUT2D eigenvalue weighted by Crippen LogP contribution is -2.41. The number of amides is 2. The highest BCUT2D eigenvalue weighted by molar-refractivity contribution is 6.76. The molecule has 0 radical (unpaired) electrons. The fourth-order valence-corrected chi connectivity index (χ4v) is 3.93. The molecule has 2 aromatic rings. The number of ether oxygens (including phenoxy) is 3. The summed E-state index contributed by atoms with van der Waals surface area (Å²) < 4.78 is 22.9. The number of carbonyl (C=O) groups excluding carboxylic acids is 2. The highest BCUT2D eigenvalue weighted by Crippen LogP contribution is 2.28. The lowest BCUT2D eigenvalue weighted by molar-refractivity contribution is -0.122. The maximum absolute atomic E-state index is 12.5. The van der Waals surface area contributed by atoms with E-state index in [1.807, 2.05) is 0 Å². The largest absolute Gasteiger partial charge is 0.465 e. The predicted octanol–water partition coefficient (Wildman–Crippen LogP) is 2.72. The number of anilines is 1. The molecule has 1 aliphatic heterocycles. The number of nitrogens with zero attached hydrogens (tertiary/aromatic N) is 4. The average molecular weight is 522 g/mol. The molecule has 0 unspecified atom stereocenters. The van der Waals surface area contributed by atoms with Gasteiger partial charge in [-0.15, -0.1) is 0 Å². The van der Waals surface area contributed by atoms with Crippen LogP contribution in [0.1, 0.15) is 33.0 Å². The van der Waals surface area contributed by atoms with Crippen molar-refractivity contribution in [2.45, 2.75) is 64.9 Å². The van der Waals surface area contributed by atoms with E-state index in [0.29, 0.717) is 31.8 Å². The van der Waals surface area contributed by atoms with Crippen LogP contribution in [0, 0.1) is 0 Å². The molecule has 2 aromatic heterocycles. The van der Waals surface area contributed by atoms with E-state index in [4.69, 9.17) is 18.6 Å². The topological polar surface area (TPSA) is 138 Å². The first-order valence-corrected chi connectivity index (χ1v) is 15.6. The molecule has 0 saturated heterocycles. The van der Waals surface area contributed by atoms with Crippen LogP contribution in [0.15, 0.2) is 21.6 Å². The Bertz CT molecular complexity index is 1130. The number of hydrogen-bond donors (Lipinski definition) is 1. The number of oxazole rings is 1. The van der Waals surface area contributed by atoms with Gasteiger partial charge in [-0.25, -0.2) is 24.1 Å². The number of carbonyl (C=O) groups is 2. The quantitative estimate of drug-likeness (QED) is 0.369. The zero-order chi connectivity index (χ0) is 26.5. The minimum absolute atomic E-state index is 0.0218. The first kappa shape index (κ1) is 27.4. The van der Waals surface area contributed by atoms with Crippen molar-refractivity contribution in [3.63, 3.8) is 0 Å². The second kappa shape index (κ2) is 11.2. The highest BCUT2D eigenvalue weighted by atomic mass is 28.3. The van der Waals surface area contributed by atoms with E-state index in [-0.39, 0.29) is 36.8 Å². The van der Waals surface area contributed by atoms with Crippen molar-refractivity contribution in [3.8, 4) is 11.7 Å². The Morgan fingerprint density at radius 3 is 2.69 bits per heavy atom. The van der Waals surface area contributed by atoms with Crippen molar-refractivity contribution in [3.05, 3.63) is 28.7 Å². The third-order valence-corrected chi connectivity index (χ3v) is 6.72. The van der Waals surface area contributed by atoms with Crippen LogP contribution in [-0.4, -0.2) is 66.7 Å². The van der Waals surface area contributed by atoms with E-state index in [9.17, 15) is 14.4 Å². The zero-order valence-corrected chi connectivity index (χ0v) is 22.8. The lowest BCUT2D eigenvalue weighted by Gasteiger charge is -2.27. The molecule has 2 amide bonds. The molecule has 3 heterocycles. The van der Waals surface area contributed by atoms with Crippen molar-refractivity contribution < 1.29 is 28.2 Å². The second-order valence-corrected chi connectivity index (χ2v) is 16.3. The molecule has 0 spiro atoms. The highest BCUT2D eigenvalue weighted by Gasteiger charge is 2.29. The van der Waals surface area contributed by atoms with Gasteiger partial charge < -0.3 is 23.9 Å². The molecular weight excluding hydrogens is 486 g/mol. The van der Waals surface area contributed by atoms with Crippen LogP contribution in [0.3, 0.4) is 0 Å². The van der Waals surface area contributed by atoms with Gasteiger partial charge in [0.2, 0.25) is 5.82 Å². The van der Waals surface area contributed by atoms with Crippen molar-refractivity contribution in [2.75, 3.05) is 31.4 Å². The summed E-state index contributed by atoms with van der Waals surface area (Å²) in [6.45, 7) is 12.9. The van der Waals surface area contributed by atoms with E-state index in [1.54, 1.807) is 20.8 Å². The van der Waals surface area contributed by atoms with Gasteiger partial charge in [0, 0.05) is 27.6 Å². The Balaban J connectivity index is 1.65. The summed E-state index contributed by atoms with van der Waals surface area (Å²) >= 11 is 0. The monoisotopic (exact) mass is 521 g/mol. The minimum atomic E-state index is -1.27. The molecule has 3 rings (SSSR count). The van der Waals surface area contributed by atoms with Crippen LogP contribution in [0.25, 0.3) is 5.82 Å². The Labute approximate surface area is 211 Å². The molecule has 13 heteroatoms. The molecule has 0 aliphatic carbocycles. The standard InChI is InChI=1S/C23H35N5O7Si/c1-23(2,3)35-21(30)24-9-7-8-16-13-27(22(31)34-16)17-12-25-20-19(26-17)28(18(29)14-33-20)15-32-10-11-36(4,5)6/h12-13H,7-11,14-15H2,1-6H3,(H,24,30). The van der Waals surface area contributed by atoms with Gasteiger partial charge in [-0.3, -0.25) is 9.69 Å². The molecule has 36 heavy (non-hydrogen) atoms. The molecule has 198 valence electrons. The van der Waals surface area contributed by atoms with Gasteiger partial charge in [-0.05, 0) is 33.2 Å². The van der Waals surface area contributed by atoms with Crippen LogP contribution in [0.5, 0.6) is 5.88 Å². The molecular formula is C23H35N5O7Si. The van der Waals surface area contributed by atoms with Crippen LogP contribution in [0.4, 0.5) is 10.6 Å². The normalized spacial score (nSPS) is 13.8. The molecule has 0 bridgehead atoms. The van der Waals surface area contributed by atoms with Crippen LogP contribution < -0.4 is 20.7 Å². The van der Waals surface area contributed by atoms with Crippen molar-refractivity contribution in [2.24, 2.45) is 0 Å². The van der Waals surface area contributed by atoms with E-state index in [2.05, 4.69) is 34.9 Å². The summed E-state index contributed by atoms with van der Waals surface area (Å²) in [4.78, 5) is 46.7. The lowest BCUT2D eigenvalue weighted by atomic mass is 10.2. The first-order valence-electron chi connectivity index (χ1n) is 11.9. The first-order chi connectivity index (χ1) is 16.8. The Morgan fingerprint density at radius 1 is 1.25 bits per heavy atom. The average Bonchev–Trinajstić information content (AvgIpc) is 3.13. The maximum Gasteiger partial charge on any atom is 0.425 e. The number of aromatic nitrogens is 3. The van der Waals surface area contributed by atoms with Gasteiger partial charge in [-0.2, -0.15) is 0 Å². The van der Waals surface area contributed by atoms with Gasteiger partial charge in [0.05, 0.1) is 12.4 Å². The molecule has 1 N–H and O–H groups in total. The Morgan fingerprint density at radius 2 is 2.00 bits per heavy atom. The van der Waals surface area contributed by atoms with Gasteiger partial charge in [-0.1, -0.05) is 19.6 Å². The number of hydrogen-bond acceptors (Lipinski definition) is 9. The maximum atomic E-state index is 12.5. The number of aryl methyl sites for hydroxylation is 1. The smallest absolute Gasteiger partial charge is 0.425 e. The summed E-state index contributed by atoms with van der Waals surface area (Å²) in [5.74, 6) is 0.0421. The molecule has 0 aromatic carbocycles. The van der Waals surface area contributed by atoms with E-state index < -0.39 is 25.5 Å². The molecule has 0 fully saturated rings. The summed E-state index contributed by atoms with van der Waals surface area (Å²) in [5.41, 5.74) is -0.574. The van der Waals surface area contributed by atoms with Gasteiger partial charge in [0.25, 0.3) is 11.8 Å². The summed E-state index contributed by atoms with van der Waals surface area (Å²) in [6, 6.07) is 0.963. The molecule has 12 nitrogen and oxygen atoms in total. The van der Waals surface area contributed by atoms with Gasteiger partial charge in [0.15, 0.2) is 12.4 Å². The summed E-state index contributed by atoms with van der Waals surface area (Å²) in [7, 11) is -1.27. The summed E-state index contributed by atoms with van der Waals surface area (Å²) in [6.07, 6.45) is 3.34. The number of rotatable bonds is 10. The Hall–Kier alpha value is -3.19. The fourth-order valence-electron chi connectivity index (χ4n) is 3.17. The van der Waals surface area contributed by atoms with Gasteiger partial charge >= 0.3 is 11.8 Å². The minimum Gasteiger partial charge on any atom is -0.465 e. The van der Waals surface area contributed by atoms with E-state index in [1.165, 1.54) is 21.9 Å². The van der Waals surface area contributed by atoms with Crippen molar-refractivity contribution in [1.82, 2.24) is 19.9 Å². The molecule has 1 aliphatic rings. The predicted molar refractivity (Wildman–Crippen MR) is 134 cm³/mol. The number of alkyl carbamates (subject to hydrolysis) is 1. The second-order valence-electron chi connectivity index (χ2n) is 10.7. The third kappa shape index (κ3) is 7.91. The van der Waals surface area contributed by atoms with E-state index >= 15 is 0 Å². The fraction of sp³-hybridized carbons (Fsp3) is 0.609. The van der Waals surface area contributed by atoms with Crippen LogP contribution in [-0.2, 0) is 20.7 Å². The number of fused-ring (bicyclic) bond motifs is 1. The van der Waals surface area contributed by atoms with Crippen molar-refractivity contribution >= 4 is 25.9 Å². The van der Waals surface area contributed by atoms with Gasteiger partial charge in [0.1, 0.15) is 18.1 Å². The van der Waals surface area contributed by atoms with Crippen LogP contribution >= 0.6 is 0 Å². The van der Waals surface area contributed by atoms with E-state index in [0.717, 1.165) is 6.04 Å². The van der Waals surface area contributed by atoms with Crippen LogP contribution in [0.2, 0.25) is 25.7 Å². The SMILES string of the molecule is CC(C)(C)OC(=O)NCCCc1cn(-c2cnc3c(n2)N(COCC[Si](C)(C)C)C(=O)CO3)c(=O)o1. The third-order valence-electron chi connectivity index (χ3n) is 5.02. The zero-order valence-electron chi connectivity index (χ0n) is 21.8. The molecule has 0 saturated carbocycles. The Kier molecular flexibility index (Phi) is 8.56. The number of nitrogens with one attached hydrogen (secondary N) is 1. The molecule has 0 atom stereocenters. The van der Waals surface area contributed by atoms with Crippen molar-refractivity contribution in [1.29, 1.82) is 0 Å². The summed E-state index contributed by atoms with van der Waals surface area (Å²) in [5, 5.41) is 2.66.